The third kappa shape index (κ3) is 4.00. The summed E-state index contributed by atoms with van der Waals surface area (Å²) in [6, 6.07) is 7.33. The van der Waals surface area contributed by atoms with E-state index in [2.05, 4.69) is 5.32 Å². The largest absolute Gasteiger partial charge is 0.395 e. The number of thiocarbonyl (C=S) groups is 1. The zero-order chi connectivity index (χ0) is 15.4. The molecule has 1 fully saturated rings. The van der Waals surface area contributed by atoms with Crippen LogP contribution in [0.1, 0.15) is 25.3 Å². The first-order valence-electron chi connectivity index (χ1n) is 7.11. The number of nitrogens with two attached hydrogens (primary N) is 1. The number of nitrogens with one attached hydrogen (secondary N) is 1. The Bertz CT molecular complexity index is 531. The van der Waals surface area contributed by atoms with Gasteiger partial charge in [-0.05, 0) is 31.9 Å². The zero-order valence-electron chi connectivity index (χ0n) is 12.1. The van der Waals surface area contributed by atoms with Gasteiger partial charge in [0.25, 0.3) is 0 Å². The molecule has 1 aromatic rings. The van der Waals surface area contributed by atoms with Gasteiger partial charge < -0.3 is 16.2 Å². The van der Waals surface area contributed by atoms with Gasteiger partial charge in [0.05, 0.1) is 18.3 Å². The van der Waals surface area contributed by atoms with Crippen molar-refractivity contribution in [3.63, 3.8) is 0 Å². The van der Waals surface area contributed by atoms with E-state index in [1.807, 2.05) is 24.0 Å². The van der Waals surface area contributed by atoms with Crippen LogP contribution in [0.25, 0.3) is 0 Å². The Morgan fingerprint density at radius 2 is 2.19 bits per heavy atom. The van der Waals surface area contributed by atoms with Crippen molar-refractivity contribution in [2.75, 3.05) is 18.5 Å². The van der Waals surface area contributed by atoms with Crippen molar-refractivity contribution >= 4 is 28.8 Å². The standard InChI is InChI=1S/C15H21N3O2S/c1-10(18(8-9-19)11-6-7-11)15(20)17-13-5-3-2-4-12(13)14(16)21/h2-5,10-11,19H,6-9H2,1H3,(H2,16,21)(H,17,20). The maximum Gasteiger partial charge on any atom is 0.241 e. The van der Waals surface area contributed by atoms with Gasteiger partial charge in [0, 0.05) is 18.2 Å². The predicted octanol–water partition coefficient (Wildman–Crippen LogP) is 1.10. The topological polar surface area (TPSA) is 78.6 Å². The average Bonchev–Trinajstić information content (AvgIpc) is 3.29. The highest BCUT2D eigenvalue weighted by molar-refractivity contribution is 7.80. The maximum atomic E-state index is 12.4. The summed E-state index contributed by atoms with van der Waals surface area (Å²) in [6.07, 6.45) is 2.17. The zero-order valence-corrected chi connectivity index (χ0v) is 12.9. The summed E-state index contributed by atoms with van der Waals surface area (Å²) >= 11 is 5.00. The van der Waals surface area contributed by atoms with E-state index >= 15 is 0 Å². The molecule has 0 saturated heterocycles. The third-order valence-electron chi connectivity index (χ3n) is 3.70. The number of carbonyl (C=O) groups excluding carboxylic acids is 1. The molecule has 1 aromatic carbocycles. The van der Waals surface area contributed by atoms with E-state index in [1.54, 1.807) is 12.1 Å². The molecule has 5 nitrogen and oxygen atoms in total. The van der Waals surface area contributed by atoms with E-state index in [1.165, 1.54) is 0 Å². The van der Waals surface area contributed by atoms with Gasteiger partial charge in [-0.3, -0.25) is 9.69 Å². The van der Waals surface area contributed by atoms with Gasteiger partial charge in [0.15, 0.2) is 0 Å². The molecular weight excluding hydrogens is 286 g/mol. The minimum atomic E-state index is -0.302. The Balaban J connectivity index is 2.08. The molecule has 0 heterocycles. The van der Waals surface area contributed by atoms with Crippen molar-refractivity contribution in [3.8, 4) is 0 Å². The van der Waals surface area contributed by atoms with Crippen molar-refractivity contribution in [3.05, 3.63) is 29.8 Å². The Hall–Kier alpha value is -1.50. The van der Waals surface area contributed by atoms with Crippen LogP contribution in [0.3, 0.4) is 0 Å². The van der Waals surface area contributed by atoms with Crippen LogP contribution in [0, 0.1) is 0 Å². The van der Waals surface area contributed by atoms with Crippen LogP contribution >= 0.6 is 12.2 Å². The lowest BCUT2D eigenvalue weighted by atomic mass is 10.1. The Labute approximate surface area is 130 Å². The number of rotatable bonds is 7. The first-order valence-corrected chi connectivity index (χ1v) is 7.51. The first kappa shape index (κ1) is 15.9. The molecule has 0 aromatic heterocycles. The second-order valence-corrected chi connectivity index (χ2v) is 5.71. The van der Waals surface area contributed by atoms with Gasteiger partial charge in [0.1, 0.15) is 4.99 Å². The summed E-state index contributed by atoms with van der Waals surface area (Å²) in [6.45, 7) is 2.42. The minimum absolute atomic E-state index is 0.0532. The Morgan fingerprint density at radius 3 is 2.76 bits per heavy atom. The highest BCUT2D eigenvalue weighted by Crippen LogP contribution is 2.28. The van der Waals surface area contributed by atoms with E-state index in [0.717, 1.165) is 12.8 Å². The lowest BCUT2D eigenvalue weighted by Crippen LogP contribution is -2.44. The van der Waals surface area contributed by atoms with Gasteiger partial charge >= 0.3 is 0 Å². The number of nitrogens with zero attached hydrogens (tertiary/aromatic N) is 1. The normalized spacial score (nSPS) is 15.8. The molecule has 1 aliphatic carbocycles. The SMILES string of the molecule is CC(C(=O)Nc1ccccc1C(N)=S)N(CCO)C1CC1. The molecule has 0 bridgehead atoms. The molecule has 1 saturated carbocycles. The van der Waals surface area contributed by atoms with E-state index in [-0.39, 0.29) is 23.5 Å². The molecule has 4 N–H and O–H groups in total. The third-order valence-corrected chi connectivity index (χ3v) is 3.92. The van der Waals surface area contributed by atoms with Crippen LogP contribution in [0.4, 0.5) is 5.69 Å². The fourth-order valence-corrected chi connectivity index (χ4v) is 2.59. The summed E-state index contributed by atoms with van der Waals surface area (Å²) in [5.74, 6) is -0.112. The fourth-order valence-electron chi connectivity index (χ4n) is 2.41. The van der Waals surface area contributed by atoms with Crippen LogP contribution in [0.5, 0.6) is 0 Å². The highest BCUT2D eigenvalue weighted by Gasteiger charge is 2.34. The number of anilines is 1. The number of aliphatic hydroxyl groups excluding tert-OH is 1. The average molecular weight is 307 g/mol. The summed E-state index contributed by atoms with van der Waals surface area (Å²) in [5.41, 5.74) is 6.96. The number of aliphatic hydroxyl groups is 1. The molecule has 1 unspecified atom stereocenters. The fraction of sp³-hybridized carbons (Fsp3) is 0.467. The minimum Gasteiger partial charge on any atom is -0.395 e. The molecule has 1 aliphatic rings. The van der Waals surface area contributed by atoms with Crippen LogP contribution in [-0.2, 0) is 4.79 Å². The van der Waals surface area contributed by atoms with E-state index in [9.17, 15) is 4.79 Å². The van der Waals surface area contributed by atoms with Gasteiger partial charge in [0.2, 0.25) is 5.91 Å². The first-order chi connectivity index (χ1) is 10.0. The molecule has 0 radical (unpaired) electrons. The van der Waals surface area contributed by atoms with Gasteiger partial charge in [-0.25, -0.2) is 0 Å². The van der Waals surface area contributed by atoms with Crippen molar-refractivity contribution in [1.82, 2.24) is 4.90 Å². The number of amides is 1. The molecule has 114 valence electrons. The predicted molar refractivity (Wildman–Crippen MR) is 87.2 cm³/mol. The maximum absolute atomic E-state index is 12.4. The van der Waals surface area contributed by atoms with Gasteiger partial charge in [-0.15, -0.1) is 0 Å². The van der Waals surface area contributed by atoms with Crippen molar-refractivity contribution < 1.29 is 9.90 Å². The lowest BCUT2D eigenvalue weighted by molar-refractivity contribution is -0.121. The number of benzene rings is 1. The number of carbonyl (C=O) groups is 1. The quantitative estimate of drug-likeness (QED) is 0.658. The van der Waals surface area contributed by atoms with Crippen LogP contribution < -0.4 is 11.1 Å². The number of para-hydroxylation sites is 1. The monoisotopic (exact) mass is 307 g/mol. The molecule has 0 spiro atoms. The molecular formula is C15H21N3O2S. The summed E-state index contributed by atoms with van der Waals surface area (Å²) < 4.78 is 0. The molecule has 6 heteroatoms. The van der Waals surface area contributed by atoms with Crippen molar-refractivity contribution in [1.29, 1.82) is 0 Å². The molecule has 21 heavy (non-hydrogen) atoms. The van der Waals surface area contributed by atoms with Gasteiger partial charge in [-0.1, -0.05) is 24.4 Å². The van der Waals surface area contributed by atoms with Crippen molar-refractivity contribution in [2.24, 2.45) is 5.73 Å². The van der Waals surface area contributed by atoms with Crippen LogP contribution in [0.2, 0.25) is 0 Å². The Kier molecular flexibility index (Phi) is 5.27. The van der Waals surface area contributed by atoms with Crippen molar-refractivity contribution in [2.45, 2.75) is 31.8 Å². The van der Waals surface area contributed by atoms with E-state index in [0.29, 0.717) is 23.8 Å². The molecule has 2 rings (SSSR count). The van der Waals surface area contributed by atoms with Crippen LogP contribution in [0.15, 0.2) is 24.3 Å². The van der Waals surface area contributed by atoms with E-state index in [4.69, 9.17) is 23.1 Å². The second kappa shape index (κ2) is 6.98. The summed E-state index contributed by atoms with van der Waals surface area (Å²) in [7, 11) is 0. The molecule has 0 aliphatic heterocycles. The Morgan fingerprint density at radius 1 is 1.52 bits per heavy atom. The second-order valence-electron chi connectivity index (χ2n) is 5.27. The highest BCUT2D eigenvalue weighted by atomic mass is 32.1. The smallest absolute Gasteiger partial charge is 0.241 e. The molecule has 1 atom stereocenters. The van der Waals surface area contributed by atoms with Gasteiger partial charge in [-0.2, -0.15) is 0 Å². The lowest BCUT2D eigenvalue weighted by Gasteiger charge is -2.27. The number of hydrogen-bond acceptors (Lipinski definition) is 4. The summed E-state index contributed by atoms with van der Waals surface area (Å²) in [5, 5.41) is 12.0. The number of hydrogen-bond donors (Lipinski definition) is 3. The summed E-state index contributed by atoms with van der Waals surface area (Å²) in [4.78, 5) is 14.7. The van der Waals surface area contributed by atoms with Crippen LogP contribution in [-0.4, -0.2) is 46.1 Å². The molecule has 1 amide bonds. The van der Waals surface area contributed by atoms with E-state index < -0.39 is 0 Å².